The van der Waals surface area contributed by atoms with Gasteiger partial charge in [-0.3, -0.25) is 4.79 Å². The first-order valence-electron chi connectivity index (χ1n) is 8.04. The summed E-state index contributed by atoms with van der Waals surface area (Å²) in [5.41, 5.74) is 3.81. The highest BCUT2D eigenvalue weighted by molar-refractivity contribution is 5.80. The van der Waals surface area contributed by atoms with E-state index in [0.717, 1.165) is 38.1 Å². The average Bonchev–Trinajstić information content (AvgIpc) is 3.20. The van der Waals surface area contributed by atoms with Crippen molar-refractivity contribution in [3.8, 4) is 0 Å². The van der Waals surface area contributed by atoms with Gasteiger partial charge in [0.25, 0.3) is 0 Å². The third-order valence-corrected chi connectivity index (χ3v) is 4.29. The fourth-order valence-electron chi connectivity index (χ4n) is 2.89. The topological polar surface area (TPSA) is 59.6 Å². The van der Waals surface area contributed by atoms with Crippen LogP contribution in [0.3, 0.4) is 0 Å². The normalized spacial score (nSPS) is 21.6. The molecule has 1 aromatic carbocycles. The van der Waals surface area contributed by atoms with E-state index in [-0.39, 0.29) is 12.0 Å². The molecule has 120 valence electrons. The molecule has 5 nitrogen and oxygen atoms in total. The number of benzene rings is 1. The molecule has 0 spiro atoms. The third-order valence-electron chi connectivity index (χ3n) is 4.29. The van der Waals surface area contributed by atoms with Crippen molar-refractivity contribution in [1.29, 1.82) is 0 Å². The van der Waals surface area contributed by atoms with Gasteiger partial charge < -0.3 is 20.1 Å². The molecular weight excluding hydrogens is 280 g/mol. The summed E-state index contributed by atoms with van der Waals surface area (Å²) in [6.45, 7) is 5.49. The van der Waals surface area contributed by atoms with Gasteiger partial charge in [0.2, 0.25) is 5.91 Å². The molecule has 3 rings (SSSR count). The minimum absolute atomic E-state index is 0.0726. The Morgan fingerprint density at radius 3 is 3.14 bits per heavy atom. The highest BCUT2D eigenvalue weighted by atomic mass is 16.5. The second-order valence-corrected chi connectivity index (χ2v) is 6.04. The first kappa shape index (κ1) is 15.5. The van der Waals surface area contributed by atoms with Crippen molar-refractivity contribution in [1.82, 2.24) is 10.6 Å². The summed E-state index contributed by atoms with van der Waals surface area (Å²) < 4.78 is 11.1. The van der Waals surface area contributed by atoms with Crippen LogP contribution in [0.4, 0.5) is 0 Å². The van der Waals surface area contributed by atoms with Crippen LogP contribution in [-0.4, -0.2) is 31.3 Å². The molecule has 0 bridgehead atoms. The van der Waals surface area contributed by atoms with Gasteiger partial charge in [-0.25, -0.2) is 0 Å². The van der Waals surface area contributed by atoms with Crippen LogP contribution in [0.5, 0.6) is 0 Å². The number of hydrogen-bond donors (Lipinski definition) is 2. The summed E-state index contributed by atoms with van der Waals surface area (Å²) in [4.78, 5) is 12.1. The van der Waals surface area contributed by atoms with E-state index in [9.17, 15) is 4.79 Å². The van der Waals surface area contributed by atoms with Crippen molar-refractivity contribution in [2.24, 2.45) is 0 Å². The van der Waals surface area contributed by atoms with Crippen molar-refractivity contribution in [2.75, 3.05) is 13.2 Å². The molecule has 0 aromatic heterocycles. The van der Waals surface area contributed by atoms with Gasteiger partial charge in [-0.05, 0) is 36.5 Å². The molecule has 2 aliphatic heterocycles. The van der Waals surface area contributed by atoms with Crippen molar-refractivity contribution in [2.45, 2.75) is 51.6 Å². The van der Waals surface area contributed by atoms with Crippen LogP contribution in [0.15, 0.2) is 18.2 Å². The lowest BCUT2D eigenvalue weighted by Crippen LogP contribution is -2.35. The van der Waals surface area contributed by atoms with Crippen LogP contribution < -0.4 is 10.6 Å². The summed E-state index contributed by atoms with van der Waals surface area (Å²) >= 11 is 0. The Morgan fingerprint density at radius 2 is 2.32 bits per heavy atom. The van der Waals surface area contributed by atoms with E-state index in [0.29, 0.717) is 13.2 Å². The number of carbonyl (C=O) groups is 1. The highest BCUT2D eigenvalue weighted by Gasteiger charge is 2.19. The third kappa shape index (κ3) is 3.85. The second kappa shape index (κ2) is 7.22. The first-order chi connectivity index (χ1) is 10.7. The minimum atomic E-state index is -0.444. The Kier molecular flexibility index (Phi) is 5.08. The van der Waals surface area contributed by atoms with Crippen LogP contribution in [0.1, 0.15) is 36.5 Å². The summed E-state index contributed by atoms with van der Waals surface area (Å²) in [5, 5.41) is 6.26. The standard InChI is InChI=1S/C17H24N2O3/c1-12(22-11-16-3-2-6-21-16)17(20)19-8-13-4-5-14-9-18-10-15(14)7-13/h4-5,7,12,16,18H,2-3,6,8-11H2,1H3,(H,19,20). The van der Waals surface area contributed by atoms with Gasteiger partial charge in [0.1, 0.15) is 6.10 Å². The van der Waals surface area contributed by atoms with Gasteiger partial charge in [-0.1, -0.05) is 18.2 Å². The van der Waals surface area contributed by atoms with Gasteiger partial charge in [0.15, 0.2) is 0 Å². The molecule has 0 aliphatic carbocycles. The van der Waals surface area contributed by atoms with E-state index in [2.05, 4.69) is 28.8 Å². The number of amides is 1. The number of rotatable bonds is 6. The summed E-state index contributed by atoms with van der Waals surface area (Å²) in [7, 11) is 0. The van der Waals surface area contributed by atoms with E-state index >= 15 is 0 Å². The smallest absolute Gasteiger partial charge is 0.249 e. The van der Waals surface area contributed by atoms with Gasteiger partial charge in [-0.2, -0.15) is 0 Å². The zero-order valence-electron chi connectivity index (χ0n) is 13.1. The number of hydrogen-bond acceptors (Lipinski definition) is 4. The first-order valence-corrected chi connectivity index (χ1v) is 8.04. The second-order valence-electron chi connectivity index (χ2n) is 6.04. The molecule has 1 fully saturated rings. The maximum absolute atomic E-state index is 12.1. The van der Waals surface area contributed by atoms with E-state index in [1.165, 1.54) is 11.1 Å². The molecule has 5 heteroatoms. The highest BCUT2D eigenvalue weighted by Crippen LogP contribution is 2.17. The van der Waals surface area contributed by atoms with E-state index < -0.39 is 6.10 Å². The lowest BCUT2D eigenvalue weighted by atomic mass is 10.1. The van der Waals surface area contributed by atoms with Crippen LogP contribution in [0.25, 0.3) is 0 Å². The van der Waals surface area contributed by atoms with Gasteiger partial charge in [0, 0.05) is 26.2 Å². The summed E-state index contributed by atoms with van der Waals surface area (Å²) in [5.74, 6) is -0.0726. The van der Waals surface area contributed by atoms with Crippen molar-refractivity contribution < 1.29 is 14.3 Å². The number of nitrogens with one attached hydrogen (secondary N) is 2. The zero-order chi connectivity index (χ0) is 15.4. The number of ether oxygens (including phenoxy) is 2. The van der Waals surface area contributed by atoms with E-state index in [4.69, 9.17) is 9.47 Å². The average molecular weight is 304 g/mol. The Labute approximate surface area is 131 Å². The Balaban J connectivity index is 1.43. The maximum Gasteiger partial charge on any atom is 0.249 e. The van der Waals surface area contributed by atoms with Gasteiger partial charge >= 0.3 is 0 Å². The van der Waals surface area contributed by atoms with Crippen molar-refractivity contribution in [3.05, 3.63) is 34.9 Å². The molecule has 0 saturated carbocycles. The van der Waals surface area contributed by atoms with Crippen LogP contribution in [0, 0.1) is 0 Å². The monoisotopic (exact) mass is 304 g/mol. The van der Waals surface area contributed by atoms with Crippen molar-refractivity contribution in [3.63, 3.8) is 0 Å². The van der Waals surface area contributed by atoms with Crippen molar-refractivity contribution >= 4 is 5.91 Å². The largest absolute Gasteiger partial charge is 0.376 e. The lowest BCUT2D eigenvalue weighted by molar-refractivity contribution is -0.133. The Hall–Kier alpha value is -1.43. The molecule has 2 heterocycles. The molecule has 2 aliphatic rings. The van der Waals surface area contributed by atoms with Gasteiger partial charge in [0.05, 0.1) is 12.7 Å². The quantitative estimate of drug-likeness (QED) is 0.836. The Bertz CT molecular complexity index is 527. The fourth-order valence-corrected chi connectivity index (χ4v) is 2.89. The minimum Gasteiger partial charge on any atom is -0.376 e. The molecule has 22 heavy (non-hydrogen) atoms. The van der Waals surface area contributed by atoms with E-state index in [1.54, 1.807) is 6.92 Å². The molecule has 1 saturated heterocycles. The molecular formula is C17H24N2O3. The van der Waals surface area contributed by atoms with E-state index in [1.807, 2.05) is 0 Å². The lowest BCUT2D eigenvalue weighted by Gasteiger charge is -2.16. The molecule has 2 atom stereocenters. The predicted octanol–water partition coefficient (Wildman–Crippen LogP) is 1.49. The van der Waals surface area contributed by atoms with Crippen LogP contribution in [0.2, 0.25) is 0 Å². The molecule has 0 radical (unpaired) electrons. The molecule has 1 amide bonds. The SMILES string of the molecule is CC(OCC1CCCO1)C(=O)NCc1ccc2c(c1)CNC2. The molecule has 2 unspecified atom stereocenters. The molecule has 2 N–H and O–H groups in total. The van der Waals surface area contributed by atoms with Crippen LogP contribution in [-0.2, 0) is 33.9 Å². The summed E-state index contributed by atoms with van der Waals surface area (Å²) in [6.07, 6.45) is 1.82. The summed E-state index contributed by atoms with van der Waals surface area (Å²) in [6, 6.07) is 6.37. The number of carbonyl (C=O) groups excluding carboxylic acids is 1. The number of fused-ring (bicyclic) bond motifs is 1. The maximum atomic E-state index is 12.1. The zero-order valence-corrected chi connectivity index (χ0v) is 13.1. The van der Waals surface area contributed by atoms with Gasteiger partial charge in [-0.15, -0.1) is 0 Å². The Morgan fingerprint density at radius 1 is 1.45 bits per heavy atom. The van der Waals surface area contributed by atoms with Crippen LogP contribution >= 0.6 is 0 Å². The molecule has 1 aromatic rings. The predicted molar refractivity (Wildman–Crippen MR) is 83.2 cm³/mol. The fraction of sp³-hybridized carbons (Fsp3) is 0.588.